The SMILES string of the molecule is CC1(C)COC2(C[C@@H]3C=CC(=O)[C@@H]3C2)OC1. The van der Waals surface area contributed by atoms with Gasteiger partial charge in [-0.25, -0.2) is 0 Å². The van der Waals surface area contributed by atoms with Crippen LogP contribution in [0, 0.1) is 17.3 Å². The lowest BCUT2D eigenvalue weighted by molar-refractivity contribution is -0.296. The zero-order chi connectivity index (χ0) is 11.4. The maximum Gasteiger partial charge on any atom is 0.169 e. The summed E-state index contributed by atoms with van der Waals surface area (Å²) in [4.78, 5) is 11.6. The van der Waals surface area contributed by atoms with E-state index in [9.17, 15) is 4.79 Å². The Hall–Kier alpha value is -0.670. The Morgan fingerprint density at radius 3 is 2.56 bits per heavy atom. The maximum atomic E-state index is 11.6. The van der Waals surface area contributed by atoms with Crippen molar-refractivity contribution >= 4 is 5.78 Å². The molecule has 1 saturated carbocycles. The Morgan fingerprint density at radius 2 is 1.94 bits per heavy atom. The molecule has 0 amide bonds. The predicted molar refractivity (Wildman–Crippen MR) is 58.8 cm³/mol. The van der Waals surface area contributed by atoms with Gasteiger partial charge in [-0.15, -0.1) is 0 Å². The van der Waals surface area contributed by atoms with E-state index < -0.39 is 5.79 Å². The molecular weight excluding hydrogens is 204 g/mol. The molecule has 2 fully saturated rings. The highest BCUT2D eigenvalue weighted by Crippen LogP contribution is 2.49. The van der Waals surface area contributed by atoms with Crippen LogP contribution < -0.4 is 0 Å². The number of hydrogen-bond acceptors (Lipinski definition) is 3. The zero-order valence-corrected chi connectivity index (χ0v) is 9.86. The van der Waals surface area contributed by atoms with Crippen LogP contribution in [0.4, 0.5) is 0 Å². The summed E-state index contributed by atoms with van der Waals surface area (Å²) in [5.41, 5.74) is 0.1000. The number of allylic oxidation sites excluding steroid dienone is 2. The lowest BCUT2D eigenvalue weighted by atomic mass is 9.94. The first-order valence-electron chi connectivity index (χ1n) is 6.00. The molecule has 1 saturated heterocycles. The van der Waals surface area contributed by atoms with E-state index in [2.05, 4.69) is 13.8 Å². The van der Waals surface area contributed by atoms with Crippen LogP contribution in [0.3, 0.4) is 0 Å². The first-order chi connectivity index (χ1) is 7.50. The van der Waals surface area contributed by atoms with Crippen LogP contribution in [0.1, 0.15) is 26.7 Å². The summed E-state index contributed by atoms with van der Waals surface area (Å²) in [6, 6.07) is 0. The van der Waals surface area contributed by atoms with Gasteiger partial charge in [0.15, 0.2) is 11.6 Å². The van der Waals surface area contributed by atoms with Crippen molar-refractivity contribution in [2.75, 3.05) is 13.2 Å². The standard InChI is InChI=1S/C13H18O3/c1-12(2)7-15-13(16-8-12)5-9-3-4-11(14)10(9)6-13/h3-4,9-10H,5-8H2,1-2H3/t9-,10+/m0/s1. The molecule has 16 heavy (non-hydrogen) atoms. The molecule has 0 aromatic heterocycles. The smallest absolute Gasteiger partial charge is 0.169 e. The molecule has 1 aliphatic heterocycles. The van der Waals surface area contributed by atoms with Crippen molar-refractivity contribution in [2.45, 2.75) is 32.5 Å². The van der Waals surface area contributed by atoms with Gasteiger partial charge in [-0.3, -0.25) is 4.79 Å². The molecular formula is C13H18O3. The van der Waals surface area contributed by atoms with E-state index in [1.165, 1.54) is 0 Å². The number of carbonyl (C=O) groups is 1. The Kier molecular flexibility index (Phi) is 2.08. The van der Waals surface area contributed by atoms with Gasteiger partial charge in [0.05, 0.1) is 13.2 Å². The Morgan fingerprint density at radius 1 is 1.25 bits per heavy atom. The molecule has 0 bridgehead atoms. The summed E-state index contributed by atoms with van der Waals surface area (Å²) in [6.07, 6.45) is 5.32. The quantitative estimate of drug-likeness (QED) is 0.628. The number of fused-ring (bicyclic) bond motifs is 1. The van der Waals surface area contributed by atoms with Crippen LogP contribution >= 0.6 is 0 Å². The third-order valence-electron chi connectivity index (χ3n) is 3.92. The van der Waals surface area contributed by atoms with Crippen molar-refractivity contribution in [2.24, 2.45) is 17.3 Å². The summed E-state index contributed by atoms with van der Waals surface area (Å²) in [5.74, 6) is 0.236. The molecule has 0 aromatic rings. The van der Waals surface area contributed by atoms with Gasteiger partial charge in [0, 0.05) is 24.2 Å². The minimum atomic E-state index is -0.467. The highest BCUT2D eigenvalue weighted by atomic mass is 16.7. The summed E-state index contributed by atoms with van der Waals surface area (Å²) in [6.45, 7) is 5.73. The highest BCUT2D eigenvalue weighted by Gasteiger charge is 2.53. The van der Waals surface area contributed by atoms with Gasteiger partial charge in [-0.1, -0.05) is 19.9 Å². The maximum absolute atomic E-state index is 11.6. The van der Waals surface area contributed by atoms with Gasteiger partial charge in [-0.05, 0) is 12.0 Å². The second-order valence-electron chi connectivity index (χ2n) is 6.09. The van der Waals surface area contributed by atoms with E-state index in [4.69, 9.17) is 9.47 Å². The Balaban J connectivity index is 1.74. The van der Waals surface area contributed by atoms with Gasteiger partial charge in [0.2, 0.25) is 0 Å². The third kappa shape index (κ3) is 1.54. The van der Waals surface area contributed by atoms with Crippen molar-refractivity contribution in [3.63, 3.8) is 0 Å². The van der Waals surface area contributed by atoms with Crippen LogP contribution in [0.25, 0.3) is 0 Å². The molecule has 2 atom stereocenters. The van der Waals surface area contributed by atoms with E-state index >= 15 is 0 Å². The molecule has 3 rings (SSSR count). The van der Waals surface area contributed by atoms with Gasteiger partial charge < -0.3 is 9.47 Å². The van der Waals surface area contributed by atoms with Crippen LogP contribution in [0.2, 0.25) is 0 Å². The molecule has 88 valence electrons. The molecule has 0 radical (unpaired) electrons. The first kappa shape index (κ1) is 10.5. The fourth-order valence-electron chi connectivity index (χ4n) is 2.90. The molecule has 0 N–H and O–H groups in total. The highest BCUT2D eigenvalue weighted by molar-refractivity contribution is 5.95. The average Bonchev–Trinajstić information content (AvgIpc) is 2.73. The predicted octanol–water partition coefficient (Wildman–Crippen LogP) is 1.92. The van der Waals surface area contributed by atoms with Gasteiger partial charge >= 0.3 is 0 Å². The number of ketones is 1. The largest absolute Gasteiger partial charge is 0.349 e. The fraction of sp³-hybridized carbons (Fsp3) is 0.769. The summed E-state index contributed by atoms with van der Waals surface area (Å²) in [5, 5.41) is 0. The lowest BCUT2D eigenvalue weighted by Gasteiger charge is -2.41. The van der Waals surface area contributed by atoms with E-state index in [1.807, 2.05) is 6.08 Å². The summed E-state index contributed by atoms with van der Waals surface area (Å²) in [7, 11) is 0. The van der Waals surface area contributed by atoms with Crippen LogP contribution in [-0.2, 0) is 14.3 Å². The first-order valence-corrected chi connectivity index (χ1v) is 6.00. The van der Waals surface area contributed by atoms with E-state index in [0.717, 1.165) is 26.1 Å². The Bertz CT molecular complexity index is 346. The van der Waals surface area contributed by atoms with Crippen molar-refractivity contribution in [3.05, 3.63) is 12.2 Å². The molecule has 3 heteroatoms. The van der Waals surface area contributed by atoms with Gasteiger partial charge in [0.25, 0.3) is 0 Å². The van der Waals surface area contributed by atoms with E-state index in [-0.39, 0.29) is 17.1 Å². The van der Waals surface area contributed by atoms with Crippen molar-refractivity contribution in [3.8, 4) is 0 Å². The van der Waals surface area contributed by atoms with Crippen molar-refractivity contribution < 1.29 is 14.3 Å². The zero-order valence-electron chi connectivity index (χ0n) is 9.86. The topological polar surface area (TPSA) is 35.5 Å². The molecule has 1 spiro atoms. The lowest BCUT2D eigenvalue weighted by Crippen LogP contribution is -2.46. The number of carbonyl (C=O) groups excluding carboxylic acids is 1. The monoisotopic (exact) mass is 222 g/mol. The molecule has 0 unspecified atom stereocenters. The van der Waals surface area contributed by atoms with Gasteiger partial charge in [0.1, 0.15) is 0 Å². The fourth-order valence-corrected chi connectivity index (χ4v) is 2.90. The normalized spacial score (nSPS) is 39.2. The number of rotatable bonds is 0. The minimum absolute atomic E-state index is 0.1000. The average molecular weight is 222 g/mol. The number of ether oxygens (including phenoxy) is 2. The second-order valence-corrected chi connectivity index (χ2v) is 6.09. The molecule has 1 heterocycles. The summed E-state index contributed by atoms with van der Waals surface area (Å²) >= 11 is 0. The molecule has 3 nitrogen and oxygen atoms in total. The third-order valence-corrected chi connectivity index (χ3v) is 3.92. The molecule has 2 aliphatic carbocycles. The van der Waals surface area contributed by atoms with Crippen LogP contribution in [0.15, 0.2) is 12.2 Å². The van der Waals surface area contributed by atoms with E-state index in [1.54, 1.807) is 6.08 Å². The van der Waals surface area contributed by atoms with Crippen molar-refractivity contribution in [1.82, 2.24) is 0 Å². The van der Waals surface area contributed by atoms with Crippen LogP contribution in [-0.4, -0.2) is 24.8 Å². The summed E-state index contributed by atoms with van der Waals surface area (Å²) < 4.78 is 11.8. The molecule has 3 aliphatic rings. The number of hydrogen-bond donors (Lipinski definition) is 0. The Labute approximate surface area is 95.8 Å². The second kappa shape index (κ2) is 3.17. The molecule has 0 aromatic carbocycles. The van der Waals surface area contributed by atoms with Crippen LogP contribution in [0.5, 0.6) is 0 Å². The van der Waals surface area contributed by atoms with E-state index in [0.29, 0.717) is 5.92 Å². The van der Waals surface area contributed by atoms with Gasteiger partial charge in [-0.2, -0.15) is 0 Å². The minimum Gasteiger partial charge on any atom is -0.349 e. The van der Waals surface area contributed by atoms with Crippen molar-refractivity contribution in [1.29, 1.82) is 0 Å².